The van der Waals surface area contributed by atoms with Gasteiger partial charge in [-0.05, 0) is 114 Å². The monoisotopic (exact) mass is 760 g/mol. The fourth-order valence-corrected chi connectivity index (χ4v) is 9.50. The Morgan fingerprint density at radius 1 is 1.04 bits per heavy atom. The van der Waals surface area contributed by atoms with E-state index in [0.29, 0.717) is 32.0 Å². The molecule has 290 valence electrons. The second-order valence-electron chi connectivity index (χ2n) is 16.9. The summed E-state index contributed by atoms with van der Waals surface area (Å²) >= 11 is 0. The zero-order valence-electron chi connectivity index (χ0n) is 32.4. The van der Waals surface area contributed by atoms with Crippen molar-refractivity contribution in [3.8, 4) is 5.88 Å². The molecule has 14 heteroatoms. The summed E-state index contributed by atoms with van der Waals surface area (Å²) in [5.41, 5.74) is 4.02. The third-order valence-electron chi connectivity index (χ3n) is 11.2. The highest BCUT2D eigenvalue weighted by Crippen LogP contribution is 2.59. The molecule has 4 heterocycles. The Bertz CT molecular complexity index is 2110. The molecule has 2 aromatic heterocycles. The van der Waals surface area contributed by atoms with E-state index in [9.17, 15) is 23.8 Å². The Kier molecular flexibility index (Phi) is 9.51. The van der Waals surface area contributed by atoms with Gasteiger partial charge in [0.25, 0.3) is 0 Å². The molecule has 2 fully saturated rings. The Morgan fingerprint density at radius 3 is 2.39 bits per heavy atom. The molecule has 1 saturated heterocycles. The van der Waals surface area contributed by atoms with Crippen molar-refractivity contribution >= 4 is 33.9 Å². The standard InChI is InChI=1S/C40H52N6O7S/c1-24-19-32-35(41-21-24)52-40(15-17-44(18-16-40)37(49)53-38(4,5)6)23-45(54(32,50)51)22-28-20-27(10-9-25(28)2)33(39(7,8)36(47)48)30-13-14-31-34(26(30)3)42-43-46(31)29-11-12-29/h9-10,13-14,19-21,29,33,50-51H,11-12,15-18,22-23H2,1-8H3,(H,47,48). The van der Waals surface area contributed by atoms with Gasteiger partial charge in [0.2, 0.25) is 5.88 Å². The zero-order chi connectivity index (χ0) is 39.0. The number of carboxylic acid groups (broad SMARTS) is 1. The van der Waals surface area contributed by atoms with Crippen LogP contribution in [0.25, 0.3) is 11.0 Å². The van der Waals surface area contributed by atoms with Crippen molar-refractivity contribution in [1.82, 2.24) is 29.2 Å². The Labute approximate surface area is 318 Å². The van der Waals surface area contributed by atoms with E-state index in [1.165, 1.54) is 0 Å². The number of hydrogen-bond donors (Lipinski definition) is 3. The summed E-state index contributed by atoms with van der Waals surface area (Å²) in [5, 5.41) is 19.6. The molecule has 1 atom stereocenters. The number of rotatable bonds is 7. The number of aromatic nitrogens is 4. The third kappa shape index (κ3) is 7.04. The molecule has 0 radical (unpaired) electrons. The second kappa shape index (κ2) is 13.5. The number of aliphatic carboxylic acids is 1. The van der Waals surface area contributed by atoms with E-state index in [2.05, 4.69) is 15.3 Å². The number of carbonyl (C=O) groups is 2. The normalized spacial score (nSPS) is 19.9. The molecule has 2 aliphatic heterocycles. The van der Waals surface area contributed by atoms with Crippen LogP contribution in [0.3, 0.4) is 0 Å². The summed E-state index contributed by atoms with van der Waals surface area (Å²) in [4.78, 5) is 32.4. The third-order valence-corrected chi connectivity index (χ3v) is 13.0. The van der Waals surface area contributed by atoms with Gasteiger partial charge < -0.3 is 19.5 Å². The lowest BCUT2D eigenvalue weighted by molar-refractivity contribution is -0.147. The quantitative estimate of drug-likeness (QED) is 0.167. The van der Waals surface area contributed by atoms with E-state index < -0.39 is 45.4 Å². The lowest BCUT2D eigenvalue weighted by atomic mass is 9.69. The molecule has 3 N–H and O–H groups in total. The van der Waals surface area contributed by atoms with Crippen LogP contribution in [-0.2, 0) is 16.1 Å². The van der Waals surface area contributed by atoms with Gasteiger partial charge in [0.15, 0.2) is 0 Å². The molecule has 1 amide bonds. The first kappa shape index (κ1) is 38.1. The Balaban J connectivity index is 1.26. The molecule has 1 aliphatic carbocycles. The molecule has 13 nitrogen and oxygen atoms in total. The van der Waals surface area contributed by atoms with Gasteiger partial charge in [-0.3, -0.25) is 13.9 Å². The fourth-order valence-electron chi connectivity index (χ4n) is 7.81. The van der Waals surface area contributed by atoms with Crippen LogP contribution in [0.2, 0.25) is 0 Å². The van der Waals surface area contributed by atoms with Crippen LogP contribution in [0.4, 0.5) is 4.79 Å². The van der Waals surface area contributed by atoms with E-state index >= 15 is 0 Å². The molecular weight excluding hydrogens is 709 g/mol. The zero-order valence-corrected chi connectivity index (χ0v) is 33.2. The molecule has 1 spiro atoms. The summed E-state index contributed by atoms with van der Waals surface area (Å²) in [6, 6.07) is 12.0. The van der Waals surface area contributed by atoms with Crippen LogP contribution in [0.5, 0.6) is 5.88 Å². The number of likely N-dealkylation sites (tertiary alicyclic amines) is 1. The van der Waals surface area contributed by atoms with Crippen LogP contribution in [0, 0.1) is 26.2 Å². The number of piperidine rings is 1. The largest absolute Gasteiger partial charge is 0.481 e. The lowest BCUT2D eigenvalue weighted by Crippen LogP contribution is -2.55. The minimum Gasteiger partial charge on any atom is -0.481 e. The van der Waals surface area contributed by atoms with Crippen molar-refractivity contribution in [2.24, 2.45) is 5.41 Å². The number of benzene rings is 2. The summed E-state index contributed by atoms with van der Waals surface area (Å²) in [6.07, 6.45) is 4.25. The molecule has 4 aromatic rings. The van der Waals surface area contributed by atoms with Crippen LogP contribution in [0.15, 0.2) is 47.5 Å². The summed E-state index contributed by atoms with van der Waals surface area (Å²) < 4.78 is 40.2. The van der Waals surface area contributed by atoms with Gasteiger partial charge in [0, 0.05) is 44.6 Å². The lowest BCUT2D eigenvalue weighted by Gasteiger charge is -2.46. The van der Waals surface area contributed by atoms with Crippen molar-refractivity contribution in [3.63, 3.8) is 0 Å². The highest BCUT2D eigenvalue weighted by atomic mass is 32.3. The average Bonchev–Trinajstić information content (AvgIpc) is 3.85. The SMILES string of the molecule is Cc1cnc2c(c1)S(O)(O)N(Cc1cc(C(c3ccc4c(nnn4C4CC4)c3C)C(C)(C)C(=O)O)ccc1C)CC1(CCN(C(=O)OC(C)(C)C)CC1)O2. The van der Waals surface area contributed by atoms with Gasteiger partial charge in [-0.25, -0.2) is 14.5 Å². The number of aryl methyl sites for hydroxylation is 3. The summed E-state index contributed by atoms with van der Waals surface area (Å²) in [5.74, 6) is -1.32. The number of nitrogens with zero attached hydrogens (tertiary/aromatic N) is 6. The van der Waals surface area contributed by atoms with Gasteiger partial charge in [0.1, 0.15) is 21.6 Å². The fraction of sp³-hybridized carbons (Fsp3) is 0.525. The highest BCUT2D eigenvalue weighted by Gasteiger charge is 2.48. The van der Waals surface area contributed by atoms with E-state index in [-0.39, 0.29) is 23.9 Å². The highest BCUT2D eigenvalue weighted by molar-refractivity contribution is 8.22. The molecule has 3 aliphatic rings. The van der Waals surface area contributed by atoms with Gasteiger partial charge in [-0.1, -0.05) is 29.5 Å². The molecule has 1 unspecified atom stereocenters. The van der Waals surface area contributed by atoms with Crippen molar-refractivity contribution in [3.05, 3.63) is 76.0 Å². The number of carboxylic acids is 1. The predicted molar refractivity (Wildman–Crippen MR) is 206 cm³/mol. The van der Waals surface area contributed by atoms with E-state index in [4.69, 9.17) is 9.47 Å². The number of hydrogen-bond acceptors (Lipinski definition) is 10. The number of carbonyl (C=O) groups excluding carboxylic acids is 1. The van der Waals surface area contributed by atoms with Gasteiger partial charge in [-0.2, -0.15) is 4.31 Å². The van der Waals surface area contributed by atoms with Crippen LogP contribution < -0.4 is 4.74 Å². The molecule has 1 saturated carbocycles. The molecule has 54 heavy (non-hydrogen) atoms. The van der Waals surface area contributed by atoms with Crippen molar-refractivity contribution < 1.29 is 33.3 Å². The molecule has 0 bridgehead atoms. The average molecular weight is 761 g/mol. The second-order valence-corrected chi connectivity index (χ2v) is 18.9. The Morgan fingerprint density at radius 2 is 1.74 bits per heavy atom. The minimum atomic E-state index is -3.61. The first-order valence-electron chi connectivity index (χ1n) is 18.6. The maximum atomic E-state index is 13.0. The van der Waals surface area contributed by atoms with E-state index in [1.807, 2.05) is 76.6 Å². The van der Waals surface area contributed by atoms with Gasteiger partial charge >= 0.3 is 12.1 Å². The summed E-state index contributed by atoms with van der Waals surface area (Å²) in [7, 11) is -3.61. The molecule has 7 rings (SSSR count). The first-order chi connectivity index (χ1) is 25.3. The molecule has 2 aromatic carbocycles. The maximum absolute atomic E-state index is 13.0. The smallest absolute Gasteiger partial charge is 0.410 e. The minimum absolute atomic E-state index is 0.143. The van der Waals surface area contributed by atoms with Crippen LogP contribution in [0.1, 0.15) is 106 Å². The van der Waals surface area contributed by atoms with E-state index in [0.717, 1.165) is 57.3 Å². The Hall–Kier alpha value is -4.24. The summed E-state index contributed by atoms with van der Waals surface area (Å²) in [6.45, 7) is 15.8. The van der Waals surface area contributed by atoms with Gasteiger partial charge in [0.05, 0.1) is 23.5 Å². The van der Waals surface area contributed by atoms with E-state index in [1.54, 1.807) is 35.3 Å². The van der Waals surface area contributed by atoms with Gasteiger partial charge in [-0.15, -0.1) is 15.9 Å². The number of ether oxygens (including phenoxy) is 2. The first-order valence-corrected chi connectivity index (χ1v) is 20.1. The van der Waals surface area contributed by atoms with Crippen molar-refractivity contribution in [2.45, 2.75) is 116 Å². The number of amides is 1. The van der Waals surface area contributed by atoms with Crippen molar-refractivity contribution in [1.29, 1.82) is 0 Å². The molecular formula is C40H52N6O7S. The van der Waals surface area contributed by atoms with Crippen LogP contribution in [-0.4, -0.2) is 86.3 Å². The predicted octanol–water partition coefficient (Wildman–Crippen LogP) is 8.02. The number of pyridine rings is 1. The maximum Gasteiger partial charge on any atom is 0.410 e. The van der Waals surface area contributed by atoms with Crippen molar-refractivity contribution in [2.75, 3.05) is 19.6 Å². The topological polar surface area (TPSA) is 163 Å². The van der Waals surface area contributed by atoms with Crippen LogP contribution >= 0.6 is 10.8 Å². The number of fused-ring (bicyclic) bond motifs is 2.